The van der Waals surface area contributed by atoms with Crippen molar-refractivity contribution in [1.82, 2.24) is 15.1 Å². The van der Waals surface area contributed by atoms with Crippen molar-refractivity contribution in [3.8, 4) is 0 Å². The molecule has 3 heteroatoms. The lowest BCUT2D eigenvalue weighted by Crippen LogP contribution is -2.37. The lowest BCUT2D eigenvalue weighted by molar-refractivity contribution is 0.222. The molecule has 2 heterocycles. The maximum absolute atomic E-state index is 3.32. The van der Waals surface area contributed by atoms with Gasteiger partial charge in [-0.15, -0.1) is 0 Å². The van der Waals surface area contributed by atoms with E-state index in [1.54, 1.807) is 0 Å². The smallest absolute Gasteiger partial charge is 0.0235 e. The molecule has 3 fully saturated rings. The lowest BCUT2D eigenvalue weighted by atomic mass is 10.1. The topological polar surface area (TPSA) is 18.5 Å². The van der Waals surface area contributed by atoms with Crippen molar-refractivity contribution in [2.75, 3.05) is 39.8 Å². The van der Waals surface area contributed by atoms with Gasteiger partial charge in [0.05, 0.1) is 0 Å². The molecular formula is C13H25N3. The molecule has 0 bridgehead atoms. The number of rotatable bonds is 4. The van der Waals surface area contributed by atoms with Crippen LogP contribution >= 0.6 is 0 Å². The molecule has 3 aliphatic rings. The Kier molecular flexibility index (Phi) is 3.18. The maximum atomic E-state index is 3.32. The summed E-state index contributed by atoms with van der Waals surface area (Å²) in [5.41, 5.74) is 0. The van der Waals surface area contributed by atoms with Gasteiger partial charge in [0.15, 0.2) is 0 Å². The van der Waals surface area contributed by atoms with Crippen molar-refractivity contribution in [3.05, 3.63) is 0 Å². The number of hydrogen-bond acceptors (Lipinski definition) is 3. The van der Waals surface area contributed by atoms with E-state index in [2.05, 4.69) is 22.2 Å². The Morgan fingerprint density at radius 3 is 2.44 bits per heavy atom. The van der Waals surface area contributed by atoms with E-state index in [1.807, 2.05) is 0 Å². The third-order valence-electron chi connectivity index (χ3n) is 4.58. The van der Waals surface area contributed by atoms with Crippen LogP contribution in [0.25, 0.3) is 0 Å². The van der Waals surface area contributed by atoms with Crippen LogP contribution in [0, 0.1) is 5.92 Å². The van der Waals surface area contributed by atoms with Gasteiger partial charge in [0, 0.05) is 31.7 Å². The highest BCUT2D eigenvalue weighted by atomic mass is 15.3. The van der Waals surface area contributed by atoms with Gasteiger partial charge in [-0.05, 0) is 51.7 Å². The van der Waals surface area contributed by atoms with Gasteiger partial charge in [-0.25, -0.2) is 0 Å². The van der Waals surface area contributed by atoms with Gasteiger partial charge in [-0.3, -0.25) is 9.80 Å². The van der Waals surface area contributed by atoms with Crippen molar-refractivity contribution in [2.24, 2.45) is 5.92 Å². The molecule has 0 spiro atoms. The molecule has 0 aromatic carbocycles. The Labute approximate surface area is 99.2 Å². The van der Waals surface area contributed by atoms with Gasteiger partial charge >= 0.3 is 0 Å². The summed E-state index contributed by atoms with van der Waals surface area (Å²) in [4.78, 5) is 5.49. The van der Waals surface area contributed by atoms with E-state index in [9.17, 15) is 0 Å². The predicted molar refractivity (Wildman–Crippen MR) is 66.6 cm³/mol. The largest absolute Gasteiger partial charge is 0.319 e. The zero-order valence-corrected chi connectivity index (χ0v) is 10.5. The van der Waals surface area contributed by atoms with Crippen LogP contribution in [0.2, 0.25) is 0 Å². The number of nitrogens with one attached hydrogen (secondary N) is 1. The Morgan fingerprint density at radius 1 is 0.938 bits per heavy atom. The summed E-state index contributed by atoms with van der Waals surface area (Å²) in [6.45, 7) is 6.61. The van der Waals surface area contributed by atoms with Crippen LogP contribution in [0.1, 0.15) is 25.7 Å². The Hall–Kier alpha value is -0.120. The Balaban J connectivity index is 1.47. The lowest BCUT2D eigenvalue weighted by Gasteiger charge is -2.24. The third kappa shape index (κ3) is 2.27. The molecule has 0 aromatic rings. The third-order valence-corrected chi connectivity index (χ3v) is 4.58. The average molecular weight is 223 g/mol. The van der Waals surface area contributed by atoms with E-state index in [4.69, 9.17) is 0 Å². The summed E-state index contributed by atoms with van der Waals surface area (Å²) in [6, 6.07) is 1.85. The first-order valence-electron chi connectivity index (χ1n) is 6.99. The van der Waals surface area contributed by atoms with Crippen molar-refractivity contribution in [1.29, 1.82) is 0 Å². The van der Waals surface area contributed by atoms with E-state index in [1.165, 1.54) is 58.4 Å². The zero-order valence-electron chi connectivity index (χ0n) is 10.5. The fourth-order valence-electron chi connectivity index (χ4n) is 3.49. The van der Waals surface area contributed by atoms with Gasteiger partial charge in [0.25, 0.3) is 0 Å². The van der Waals surface area contributed by atoms with E-state index >= 15 is 0 Å². The predicted octanol–water partition coefficient (Wildman–Crippen LogP) is 0.764. The molecule has 2 aliphatic heterocycles. The highest BCUT2D eigenvalue weighted by Crippen LogP contribution is 2.32. The summed E-state index contributed by atoms with van der Waals surface area (Å²) in [5.74, 6) is 0.903. The minimum atomic E-state index is 0.877. The highest BCUT2D eigenvalue weighted by molar-refractivity contribution is 4.94. The molecule has 1 N–H and O–H groups in total. The first-order valence-corrected chi connectivity index (χ1v) is 6.99. The van der Waals surface area contributed by atoms with E-state index in [0.717, 1.165) is 18.0 Å². The standard InChI is InChI=1S/C13H25N3/c1-14-8-11-4-6-15(9-11)13-5-7-16(10-13)12-2-3-12/h11-14H,2-10H2,1H3. The fraction of sp³-hybridized carbons (Fsp3) is 1.00. The first kappa shape index (κ1) is 11.0. The molecule has 2 atom stereocenters. The zero-order chi connectivity index (χ0) is 11.0. The van der Waals surface area contributed by atoms with Crippen LogP contribution in [-0.4, -0.2) is 61.7 Å². The van der Waals surface area contributed by atoms with E-state index < -0.39 is 0 Å². The average Bonchev–Trinajstić information content (AvgIpc) is 2.85. The molecule has 1 aliphatic carbocycles. The molecule has 2 saturated heterocycles. The molecule has 2 unspecified atom stereocenters. The molecule has 92 valence electrons. The van der Waals surface area contributed by atoms with Crippen LogP contribution in [0.15, 0.2) is 0 Å². The second kappa shape index (κ2) is 4.63. The molecule has 16 heavy (non-hydrogen) atoms. The maximum Gasteiger partial charge on any atom is 0.0235 e. The second-order valence-electron chi connectivity index (χ2n) is 5.88. The van der Waals surface area contributed by atoms with Crippen molar-refractivity contribution in [2.45, 2.75) is 37.8 Å². The van der Waals surface area contributed by atoms with Gasteiger partial charge < -0.3 is 5.32 Å². The molecule has 3 rings (SSSR count). The number of likely N-dealkylation sites (tertiary alicyclic amines) is 2. The minimum absolute atomic E-state index is 0.877. The van der Waals surface area contributed by atoms with Gasteiger partial charge in [-0.1, -0.05) is 0 Å². The summed E-state index contributed by atoms with van der Waals surface area (Å²) in [7, 11) is 2.08. The molecule has 1 saturated carbocycles. The molecule has 3 nitrogen and oxygen atoms in total. The summed E-state index contributed by atoms with van der Waals surface area (Å²) in [5, 5.41) is 3.32. The molecule has 0 radical (unpaired) electrons. The van der Waals surface area contributed by atoms with Crippen molar-refractivity contribution < 1.29 is 0 Å². The molecule has 0 amide bonds. The molecule has 0 aromatic heterocycles. The van der Waals surface area contributed by atoms with Crippen LogP contribution in [0.3, 0.4) is 0 Å². The normalized spacial score (nSPS) is 37.3. The fourth-order valence-corrected chi connectivity index (χ4v) is 3.49. The minimum Gasteiger partial charge on any atom is -0.319 e. The summed E-state index contributed by atoms with van der Waals surface area (Å²) < 4.78 is 0. The van der Waals surface area contributed by atoms with E-state index in [0.29, 0.717) is 0 Å². The van der Waals surface area contributed by atoms with Gasteiger partial charge in [0.1, 0.15) is 0 Å². The van der Waals surface area contributed by atoms with Crippen LogP contribution < -0.4 is 5.32 Å². The highest BCUT2D eigenvalue weighted by Gasteiger charge is 2.37. The summed E-state index contributed by atoms with van der Waals surface area (Å²) in [6.07, 6.45) is 5.76. The van der Waals surface area contributed by atoms with Crippen LogP contribution in [0.5, 0.6) is 0 Å². The monoisotopic (exact) mass is 223 g/mol. The Morgan fingerprint density at radius 2 is 1.69 bits per heavy atom. The Bertz CT molecular complexity index is 239. The van der Waals surface area contributed by atoms with Crippen molar-refractivity contribution in [3.63, 3.8) is 0 Å². The number of hydrogen-bond donors (Lipinski definition) is 1. The van der Waals surface area contributed by atoms with E-state index in [-0.39, 0.29) is 0 Å². The van der Waals surface area contributed by atoms with Gasteiger partial charge in [-0.2, -0.15) is 0 Å². The number of nitrogens with zero attached hydrogens (tertiary/aromatic N) is 2. The second-order valence-corrected chi connectivity index (χ2v) is 5.88. The SMILES string of the molecule is CNCC1CCN(C2CCN(C3CC3)C2)C1. The molecular weight excluding hydrogens is 198 g/mol. The quantitative estimate of drug-likeness (QED) is 0.759. The van der Waals surface area contributed by atoms with Crippen LogP contribution in [0.4, 0.5) is 0 Å². The van der Waals surface area contributed by atoms with Gasteiger partial charge in [0.2, 0.25) is 0 Å². The van der Waals surface area contributed by atoms with Crippen molar-refractivity contribution >= 4 is 0 Å². The first-order chi connectivity index (χ1) is 7.86. The van der Waals surface area contributed by atoms with Crippen LogP contribution in [-0.2, 0) is 0 Å². The summed E-state index contributed by atoms with van der Waals surface area (Å²) >= 11 is 0.